The smallest absolute Gasteiger partial charge is 0.307 e. The van der Waals surface area contributed by atoms with Gasteiger partial charge >= 0.3 is 5.97 Å². The minimum absolute atomic E-state index is 0.101. The summed E-state index contributed by atoms with van der Waals surface area (Å²) in [5.74, 6) is -1.77. The number of fused-ring (bicyclic) bond motifs is 1. The van der Waals surface area contributed by atoms with Crippen molar-refractivity contribution in [3.05, 3.63) is 35.4 Å². The van der Waals surface area contributed by atoms with Gasteiger partial charge in [0.25, 0.3) is 0 Å². The lowest BCUT2D eigenvalue weighted by atomic mass is 9.73. The normalized spacial score (nSPS) is 24.2. The molecular formula is C17H22N2O3. The van der Waals surface area contributed by atoms with Crippen molar-refractivity contribution in [1.82, 2.24) is 10.2 Å². The molecule has 5 nitrogen and oxygen atoms in total. The summed E-state index contributed by atoms with van der Waals surface area (Å²) in [6, 6.07) is 8.47. The summed E-state index contributed by atoms with van der Waals surface area (Å²) in [6.45, 7) is 3.33. The van der Waals surface area contributed by atoms with Crippen molar-refractivity contribution in [2.24, 2.45) is 11.8 Å². The van der Waals surface area contributed by atoms with Crippen molar-refractivity contribution in [2.45, 2.75) is 25.8 Å². The van der Waals surface area contributed by atoms with Crippen LogP contribution >= 0.6 is 0 Å². The van der Waals surface area contributed by atoms with Crippen LogP contribution in [-0.2, 0) is 22.6 Å². The van der Waals surface area contributed by atoms with Gasteiger partial charge in [-0.25, -0.2) is 0 Å². The molecule has 22 heavy (non-hydrogen) atoms. The quantitative estimate of drug-likeness (QED) is 0.859. The zero-order valence-electron chi connectivity index (χ0n) is 12.6. The van der Waals surface area contributed by atoms with Crippen LogP contribution < -0.4 is 5.32 Å². The largest absolute Gasteiger partial charge is 0.481 e. The Kier molecular flexibility index (Phi) is 4.43. The fraction of sp³-hybridized carbons (Fsp3) is 0.529. The van der Waals surface area contributed by atoms with E-state index in [0.717, 1.165) is 26.1 Å². The van der Waals surface area contributed by atoms with Gasteiger partial charge in [0.15, 0.2) is 0 Å². The molecule has 1 heterocycles. The molecule has 0 radical (unpaired) electrons. The van der Waals surface area contributed by atoms with Crippen molar-refractivity contribution in [1.29, 1.82) is 0 Å². The van der Waals surface area contributed by atoms with Crippen molar-refractivity contribution in [2.75, 3.05) is 19.6 Å². The molecule has 2 unspecified atom stereocenters. The first-order valence-corrected chi connectivity index (χ1v) is 7.95. The van der Waals surface area contributed by atoms with Crippen molar-refractivity contribution < 1.29 is 14.7 Å². The van der Waals surface area contributed by atoms with E-state index in [0.29, 0.717) is 19.4 Å². The van der Waals surface area contributed by atoms with Gasteiger partial charge in [-0.15, -0.1) is 0 Å². The highest BCUT2D eigenvalue weighted by atomic mass is 16.4. The number of hydrogen-bond donors (Lipinski definition) is 2. The van der Waals surface area contributed by atoms with Gasteiger partial charge in [-0.3, -0.25) is 14.5 Å². The third-order valence-electron chi connectivity index (χ3n) is 4.87. The maximum absolute atomic E-state index is 12.0. The van der Waals surface area contributed by atoms with Gasteiger partial charge in [0, 0.05) is 26.2 Å². The molecule has 0 spiro atoms. The van der Waals surface area contributed by atoms with E-state index in [4.69, 9.17) is 5.11 Å². The Hall–Kier alpha value is -1.88. The predicted molar refractivity (Wildman–Crippen MR) is 82.3 cm³/mol. The molecule has 1 aromatic carbocycles. The molecule has 0 aromatic heterocycles. The second-order valence-corrected chi connectivity index (χ2v) is 6.21. The summed E-state index contributed by atoms with van der Waals surface area (Å²) in [7, 11) is 0. The molecule has 2 aliphatic rings. The van der Waals surface area contributed by atoms with Crippen LogP contribution in [0.5, 0.6) is 0 Å². The fourth-order valence-electron chi connectivity index (χ4n) is 3.32. The van der Waals surface area contributed by atoms with Crippen molar-refractivity contribution in [3.8, 4) is 0 Å². The number of carbonyl (C=O) groups is 2. The summed E-state index contributed by atoms with van der Waals surface area (Å²) >= 11 is 0. The first kappa shape index (κ1) is 15.0. The standard InChI is InChI=1S/C17H22N2O3/c20-16(14-5-6-15(14)17(21)22)18-8-10-19-9-7-12-3-1-2-4-13(12)11-19/h1-4,14-15H,5-11H2,(H,18,20)(H,21,22). The number of carboxylic acids is 1. The van der Waals surface area contributed by atoms with Gasteiger partial charge in [0.05, 0.1) is 11.8 Å². The molecular weight excluding hydrogens is 280 g/mol. The predicted octanol–water partition coefficient (Wildman–Crippen LogP) is 1.27. The van der Waals surface area contributed by atoms with Gasteiger partial charge in [-0.05, 0) is 30.4 Å². The van der Waals surface area contributed by atoms with E-state index in [1.165, 1.54) is 11.1 Å². The second kappa shape index (κ2) is 6.48. The highest BCUT2D eigenvalue weighted by Crippen LogP contribution is 2.34. The molecule has 1 aliphatic heterocycles. The van der Waals surface area contributed by atoms with Gasteiger partial charge < -0.3 is 10.4 Å². The number of amides is 1. The monoisotopic (exact) mass is 302 g/mol. The molecule has 3 rings (SSSR count). The van der Waals surface area contributed by atoms with Gasteiger partial charge in [0.1, 0.15) is 0 Å². The Morgan fingerprint density at radius 2 is 1.91 bits per heavy atom. The number of hydrogen-bond acceptors (Lipinski definition) is 3. The van der Waals surface area contributed by atoms with E-state index in [2.05, 4.69) is 34.5 Å². The van der Waals surface area contributed by atoms with Crippen LogP contribution in [0.3, 0.4) is 0 Å². The summed E-state index contributed by atoms with van der Waals surface area (Å²) in [4.78, 5) is 25.3. The minimum atomic E-state index is -0.848. The van der Waals surface area contributed by atoms with Crippen LogP contribution in [0.2, 0.25) is 0 Å². The van der Waals surface area contributed by atoms with E-state index < -0.39 is 11.9 Å². The number of rotatable bonds is 5. The average molecular weight is 302 g/mol. The average Bonchev–Trinajstić information content (AvgIpc) is 2.45. The Balaban J connectivity index is 1.43. The number of aliphatic carboxylic acids is 1. The highest BCUT2D eigenvalue weighted by molar-refractivity contribution is 5.86. The van der Waals surface area contributed by atoms with Crippen LogP contribution in [0.1, 0.15) is 24.0 Å². The van der Waals surface area contributed by atoms with E-state index in [1.54, 1.807) is 0 Å². The molecule has 1 saturated carbocycles. The Morgan fingerprint density at radius 1 is 1.18 bits per heavy atom. The first-order chi connectivity index (χ1) is 10.6. The molecule has 5 heteroatoms. The van der Waals surface area contributed by atoms with Crippen LogP contribution in [0.15, 0.2) is 24.3 Å². The molecule has 1 aliphatic carbocycles. The van der Waals surface area contributed by atoms with Crippen molar-refractivity contribution >= 4 is 11.9 Å². The van der Waals surface area contributed by atoms with E-state index in [-0.39, 0.29) is 11.8 Å². The topological polar surface area (TPSA) is 69.6 Å². The van der Waals surface area contributed by atoms with Gasteiger partial charge in [-0.2, -0.15) is 0 Å². The van der Waals surface area contributed by atoms with Gasteiger partial charge in [-0.1, -0.05) is 24.3 Å². The summed E-state index contributed by atoms with van der Waals surface area (Å²) in [5.41, 5.74) is 2.78. The van der Waals surface area contributed by atoms with Crippen LogP contribution in [0.25, 0.3) is 0 Å². The van der Waals surface area contributed by atoms with Gasteiger partial charge in [0.2, 0.25) is 5.91 Å². The Morgan fingerprint density at radius 3 is 2.59 bits per heavy atom. The zero-order chi connectivity index (χ0) is 15.5. The van der Waals surface area contributed by atoms with E-state index in [1.807, 2.05) is 0 Å². The Labute approximate surface area is 130 Å². The molecule has 1 aromatic rings. The minimum Gasteiger partial charge on any atom is -0.481 e. The molecule has 1 amide bonds. The summed E-state index contributed by atoms with van der Waals surface area (Å²) in [5, 5.41) is 11.9. The molecule has 0 bridgehead atoms. The summed E-state index contributed by atoms with van der Waals surface area (Å²) in [6.07, 6.45) is 2.37. The number of benzene rings is 1. The van der Waals surface area contributed by atoms with Crippen LogP contribution in [0.4, 0.5) is 0 Å². The maximum atomic E-state index is 12.0. The van der Waals surface area contributed by atoms with Crippen LogP contribution in [-0.4, -0.2) is 41.5 Å². The first-order valence-electron chi connectivity index (χ1n) is 7.95. The Bertz CT molecular complexity index is 573. The van der Waals surface area contributed by atoms with E-state index >= 15 is 0 Å². The number of carbonyl (C=O) groups excluding carboxylic acids is 1. The zero-order valence-corrected chi connectivity index (χ0v) is 12.6. The molecule has 0 saturated heterocycles. The van der Waals surface area contributed by atoms with Crippen molar-refractivity contribution in [3.63, 3.8) is 0 Å². The third kappa shape index (κ3) is 3.14. The van der Waals surface area contributed by atoms with E-state index in [9.17, 15) is 9.59 Å². The summed E-state index contributed by atoms with van der Waals surface area (Å²) < 4.78 is 0. The maximum Gasteiger partial charge on any atom is 0.307 e. The molecule has 1 fully saturated rings. The fourth-order valence-corrected chi connectivity index (χ4v) is 3.32. The molecule has 2 atom stereocenters. The number of nitrogens with one attached hydrogen (secondary N) is 1. The molecule has 118 valence electrons. The number of nitrogens with zero attached hydrogens (tertiary/aromatic N) is 1. The lowest BCUT2D eigenvalue weighted by Gasteiger charge is -2.32. The third-order valence-corrected chi connectivity index (χ3v) is 4.87. The lowest BCUT2D eigenvalue weighted by Crippen LogP contribution is -2.46. The lowest BCUT2D eigenvalue weighted by molar-refractivity contribution is -0.152. The number of carboxylic acid groups (broad SMARTS) is 1. The highest BCUT2D eigenvalue weighted by Gasteiger charge is 2.41. The van der Waals surface area contributed by atoms with Crippen LogP contribution in [0, 0.1) is 11.8 Å². The molecule has 2 N–H and O–H groups in total. The second-order valence-electron chi connectivity index (χ2n) is 6.21. The SMILES string of the molecule is O=C(O)C1CCC1C(=O)NCCN1CCc2ccccc2C1.